The minimum absolute atomic E-state index is 0.0255. The van der Waals surface area contributed by atoms with E-state index < -0.39 is 0 Å². The lowest BCUT2D eigenvalue weighted by molar-refractivity contribution is -0.127. The molecule has 2 amide bonds. The maximum Gasteiger partial charge on any atom is 0.227 e. The van der Waals surface area contributed by atoms with Crippen molar-refractivity contribution in [3.05, 3.63) is 65.7 Å². The summed E-state index contributed by atoms with van der Waals surface area (Å²) in [4.78, 5) is 29.5. The Hall–Kier alpha value is -2.66. The van der Waals surface area contributed by atoms with E-state index in [9.17, 15) is 9.59 Å². The van der Waals surface area contributed by atoms with Gasteiger partial charge in [0.15, 0.2) is 0 Å². The van der Waals surface area contributed by atoms with Crippen LogP contribution < -0.4 is 10.2 Å². The lowest BCUT2D eigenvalue weighted by Gasteiger charge is -2.32. The van der Waals surface area contributed by atoms with Crippen LogP contribution >= 0.6 is 0 Å². The van der Waals surface area contributed by atoms with E-state index in [1.54, 1.807) is 4.90 Å². The summed E-state index contributed by atoms with van der Waals surface area (Å²) in [7, 11) is 0. The molecule has 2 saturated heterocycles. The number of nitrogens with one attached hydrogen (secondary N) is 1. The Bertz CT molecular complexity index is 858. The van der Waals surface area contributed by atoms with Crippen molar-refractivity contribution >= 4 is 17.5 Å². The lowest BCUT2D eigenvalue weighted by Crippen LogP contribution is -2.46. The molecule has 1 N–H and O–H groups in total. The van der Waals surface area contributed by atoms with Gasteiger partial charge < -0.3 is 10.2 Å². The minimum Gasteiger partial charge on any atom is -0.353 e. The van der Waals surface area contributed by atoms with Crippen LogP contribution in [0.4, 0.5) is 5.69 Å². The number of benzene rings is 2. The Balaban J connectivity index is 1.26. The molecule has 30 heavy (non-hydrogen) atoms. The fraction of sp³-hybridized carbons (Fsp3) is 0.440. The van der Waals surface area contributed by atoms with Gasteiger partial charge in [0.2, 0.25) is 11.8 Å². The van der Waals surface area contributed by atoms with Gasteiger partial charge in [0, 0.05) is 44.3 Å². The predicted molar refractivity (Wildman–Crippen MR) is 119 cm³/mol. The van der Waals surface area contributed by atoms with Crippen LogP contribution in [-0.4, -0.2) is 42.4 Å². The van der Waals surface area contributed by atoms with E-state index in [4.69, 9.17) is 0 Å². The van der Waals surface area contributed by atoms with Crippen LogP contribution in [0.2, 0.25) is 0 Å². The normalized spacial score (nSPS) is 20.5. The van der Waals surface area contributed by atoms with Crippen LogP contribution in [0.5, 0.6) is 0 Å². The molecule has 2 aromatic rings. The molecule has 158 valence electrons. The Kier molecular flexibility index (Phi) is 6.48. The van der Waals surface area contributed by atoms with E-state index in [0.717, 1.165) is 44.6 Å². The smallest absolute Gasteiger partial charge is 0.227 e. The van der Waals surface area contributed by atoms with Gasteiger partial charge in [-0.3, -0.25) is 14.5 Å². The monoisotopic (exact) mass is 405 g/mol. The molecular weight excluding hydrogens is 374 g/mol. The zero-order chi connectivity index (χ0) is 20.9. The van der Waals surface area contributed by atoms with Gasteiger partial charge in [-0.15, -0.1) is 0 Å². The molecule has 0 radical (unpaired) electrons. The standard InChI is InChI=1S/C25H31N3O2/c1-2-19-8-10-23(11-9-19)28-18-21(16-24(28)29)25(30)26-22-12-14-27(15-13-22)17-20-6-4-3-5-7-20/h3-11,21-22H,2,12-18H2,1H3,(H,26,30)/t21-/m0/s1. The second-order valence-electron chi connectivity index (χ2n) is 8.47. The molecule has 1 atom stereocenters. The summed E-state index contributed by atoms with van der Waals surface area (Å²) >= 11 is 0. The summed E-state index contributed by atoms with van der Waals surface area (Å²) in [6, 6.07) is 18.8. The van der Waals surface area contributed by atoms with Gasteiger partial charge in [0.05, 0.1) is 5.92 Å². The van der Waals surface area contributed by atoms with Crippen molar-refractivity contribution in [1.82, 2.24) is 10.2 Å². The van der Waals surface area contributed by atoms with Crippen LogP contribution in [0.1, 0.15) is 37.3 Å². The third kappa shape index (κ3) is 4.90. The second-order valence-corrected chi connectivity index (χ2v) is 8.47. The molecule has 4 rings (SSSR count). The SMILES string of the molecule is CCc1ccc(N2C[C@@H](C(=O)NC3CCN(Cc4ccccc4)CC3)CC2=O)cc1. The molecule has 0 saturated carbocycles. The zero-order valence-electron chi connectivity index (χ0n) is 17.7. The van der Waals surface area contributed by atoms with Crippen LogP contribution in [0.15, 0.2) is 54.6 Å². The number of amides is 2. The van der Waals surface area contributed by atoms with Crippen molar-refractivity contribution in [2.24, 2.45) is 5.92 Å². The molecule has 0 unspecified atom stereocenters. The highest BCUT2D eigenvalue weighted by Gasteiger charge is 2.36. The third-order valence-electron chi connectivity index (χ3n) is 6.34. The van der Waals surface area contributed by atoms with Crippen LogP contribution in [0.3, 0.4) is 0 Å². The summed E-state index contributed by atoms with van der Waals surface area (Å²) in [6.07, 6.45) is 3.19. The maximum atomic E-state index is 12.8. The quantitative estimate of drug-likeness (QED) is 0.802. The fourth-order valence-corrected chi connectivity index (χ4v) is 4.44. The second kappa shape index (κ2) is 9.43. The Labute approximate surface area is 179 Å². The summed E-state index contributed by atoms with van der Waals surface area (Å²) < 4.78 is 0. The molecule has 0 aromatic heterocycles. The predicted octanol–water partition coefficient (Wildman–Crippen LogP) is 3.38. The molecule has 5 nitrogen and oxygen atoms in total. The minimum atomic E-state index is -0.259. The Morgan fingerprint density at radius 2 is 1.70 bits per heavy atom. The summed E-state index contributed by atoms with van der Waals surface area (Å²) in [5.74, 6) is -0.194. The van der Waals surface area contributed by atoms with E-state index in [0.29, 0.717) is 13.0 Å². The number of hydrogen-bond acceptors (Lipinski definition) is 3. The number of nitrogens with zero attached hydrogens (tertiary/aromatic N) is 2. The van der Waals surface area contributed by atoms with Gasteiger partial charge >= 0.3 is 0 Å². The number of aryl methyl sites for hydroxylation is 1. The van der Waals surface area contributed by atoms with Gasteiger partial charge in [0.1, 0.15) is 0 Å². The summed E-state index contributed by atoms with van der Waals surface area (Å²) in [5.41, 5.74) is 3.47. The van der Waals surface area contributed by atoms with Gasteiger partial charge in [-0.2, -0.15) is 0 Å². The highest BCUT2D eigenvalue weighted by Crippen LogP contribution is 2.26. The van der Waals surface area contributed by atoms with E-state index in [1.807, 2.05) is 18.2 Å². The molecule has 2 aliphatic heterocycles. The summed E-state index contributed by atoms with van der Waals surface area (Å²) in [5, 5.41) is 3.21. The fourth-order valence-electron chi connectivity index (χ4n) is 4.44. The molecule has 0 aliphatic carbocycles. The zero-order valence-corrected chi connectivity index (χ0v) is 17.7. The highest BCUT2D eigenvalue weighted by molar-refractivity contribution is 6.00. The lowest BCUT2D eigenvalue weighted by atomic mass is 10.0. The van der Waals surface area contributed by atoms with Crippen molar-refractivity contribution < 1.29 is 9.59 Å². The molecular formula is C25H31N3O2. The van der Waals surface area contributed by atoms with Crippen molar-refractivity contribution in [1.29, 1.82) is 0 Å². The number of piperidine rings is 1. The Morgan fingerprint density at radius 3 is 2.37 bits per heavy atom. The molecule has 5 heteroatoms. The first-order chi connectivity index (χ1) is 14.6. The third-order valence-corrected chi connectivity index (χ3v) is 6.34. The van der Waals surface area contributed by atoms with Crippen molar-refractivity contribution in [3.63, 3.8) is 0 Å². The maximum absolute atomic E-state index is 12.8. The number of anilines is 1. The number of carbonyl (C=O) groups is 2. The first kappa shape index (κ1) is 20.6. The van der Waals surface area contributed by atoms with Gasteiger partial charge in [-0.1, -0.05) is 49.4 Å². The van der Waals surface area contributed by atoms with Crippen LogP contribution in [0, 0.1) is 5.92 Å². The molecule has 0 bridgehead atoms. The van der Waals surface area contributed by atoms with Crippen molar-refractivity contribution in [2.45, 2.75) is 45.2 Å². The largest absolute Gasteiger partial charge is 0.353 e. The molecule has 0 spiro atoms. The average molecular weight is 406 g/mol. The van der Waals surface area contributed by atoms with Crippen molar-refractivity contribution in [3.8, 4) is 0 Å². The van der Waals surface area contributed by atoms with E-state index in [-0.39, 0.29) is 23.8 Å². The Morgan fingerprint density at radius 1 is 1.00 bits per heavy atom. The average Bonchev–Trinajstić information content (AvgIpc) is 3.18. The van der Waals surface area contributed by atoms with Crippen LogP contribution in [-0.2, 0) is 22.6 Å². The topological polar surface area (TPSA) is 52.7 Å². The van der Waals surface area contributed by atoms with E-state index in [1.165, 1.54) is 11.1 Å². The van der Waals surface area contributed by atoms with Crippen LogP contribution in [0.25, 0.3) is 0 Å². The molecule has 2 heterocycles. The number of carbonyl (C=O) groups excluding carboxylic acids is 2. The number of likely N-dealkylation sites (tertiary alicyclic amines) is 1. The van der Waals surface area contributed by atoms with Crippen molar-refractivity contribution in [2.75, 3.05) is 24.5 Å². The first-order valence-electron chi connectivity index (χ1n) is 11.1. The highest BCUT2D eigenvalue weighted by atomic mass is 16.2. The van der Waals surface area contributed by atoms with E-state index >= 15 is 0 Å². The first-order valence-corrected chi connectivity index (χ1v) is 11.1. The number of hydrogen-bond donors (Lipinski definition) is 1. The van der Waals surface area contributed by atoms with Gasteiger partial charge in [-0.25, -0.2) is 0 Å². The van der Waals surface area contributed by atoms with Gasteiger partial charge in [-0.05, 0) is 42.5 Å². The molecule has 2 aromatic carbocycles. The van der Waals surface area contributed by atoms with E-state index in [2.05, 4.69) is 53.5 Å². The number of rotatable bonds is 6. The molecule has 2 fully saturated rings. The summed E-state index contributed by atoms with van der Waals surface area (Å²) in [6.45, 7) is 5.52. The molecule has 2 aliphatic rings. The van der Waals surface area contributed by atoms with Gasteiger partial charge in [0.25, 0.3) is 0 Å².